The van der Waals surface area contributed by atoms with Crippen molar-refractivity contribution in [2.24, 2.45) is 5.84 Å². The molecule has 2 aromatic heterocycles. The Hall–Kier alpha value is -1.66. The number of carbonyl (C=O) groups excluding carboxylic acids is 1. The second-order valence-electron chi connectivity index (χ2n) is 2.92. The van der Waals surface area contributed by atoms with Gasteiger partial charge in [-0.05, 0) is 18.4 Å². The number of aromatic nitrogens is 1. The predicted molar refractivity (Wildman–Crippen MR) is 56.2 cm³/mol. The van der Waals surface area contributed by atoms with Crippen molar-refractivity contribution >= 4 is 17.2 Å². The van der Waals surface area contributed by atoms with E-state index in [1.165, 1.54) is 11.3 Å². The minimum absolute atomic E-state index is 0.389. The Bertz CT molecular complexity index is 476. The van der Waals surface area contributed by atoms with E-state index < -0.39 is 5.91 Å². The first-order valence-electron chi connectivity index (χ1n) is 4.25. The van der Waals surface area contributed by atoms with Crippen LogP contribution < -0.4 is 11.3 Å². The van der Waals surface area contributed by atoms with Gasteiger partial charge in [-0.15, -0.1) is 11.3 Å². The van der Waals surface area contributed by atoms with E-state index in [9.17, 15) is 4.79 Å². The van der Waals surface area contributed by atoms with Crippen molar-refractivity contribution < 1.29 is 9.32 Å². The molecule has 5 nitrogen and oxygen atoms in total. The Morgan fingerprint density at radius 1 is 1.67 bits per heavy atom. The van der Waals surface area contributed by atoms with Crippen LogP contribution in [-0.2, 0) is 0 Å². The number of hydrazine groups is 1. The van der Waals surface area contributed by atoms with E-state index in [0.717, 1.165) is 4.88 Å². The largest absolute Gasteiger partial charge is 0.354 e. The normalized spacial score (nSPS) is 10.3. The molecule has 2 aromatic rings. The first-order chi connectivity index (χ1) is 7.24. The number of nitrogens with zero attached hydrogens (tertiary/aromatic N) is 1. The Morgan fingerprint density at radius 2 is 2.47 bits per heavy atom. The molecule has 0 aliphatic rings. The van der Waals surface area contributed by atoms with Gasteiger partial charge in [0.25, 0.3) is 5.91 Å². The average Bonchev–Trinajstić information content (AvgIpc) is 2.85. The fourth-order valence-electron chi connectivity index (χ4n) is 1.29. The van der Waals surface area contributed by atoms with Crippen molar-refractivity contribution in [3.63, 3.8) is 0 Å². The monoisotopic (exact) mass is 223 g/mol. The maximum atomic E-state index is 11.5. The summed E-state index contributed by atoms with van der Waals surface area (Å²) in [4.78, 5) is 12.3. The lowest BCUT2D eigenvalue weighted by Gasteiger charge is -1.98. The van der Waals surface area contributed by atoms with Crippen LogP contribution in [0.4, 0.5) is 0 Å². The zero-order valence-corrected chi connectivity index (χ0v) is 8.80. The van der Waals surface area contributed by atoms with Crippen molar-refractivity contribution in [3.8, 4) is 10.6 Å². The summed E-state index contributed by atoms with van der Waals surface area (Å²) in [6.45, 7) is 1.70. The van der Waals surface area contributed by atoms with Crippen LogP contribution in [-0.4, -0.2) is 11.1 Å². The van der Waals surface area contributed by atoms with Crippen LogP contribution in [0.3, 0.4) is 0 Å². The van der Waals surface area contributed by atoms with Gasteiger partial charge in [-0.2, -0.15) is 0 Å². The van der Waals surface area contributed by atoms with Gasteiger partial charge in [0.2, 0.25) is 0 Å². The number of aryl methyl sites for hydroxylation is 1. The van der Waals surface area contributed by atoms with E-state index in [2.05, 4.69) is 10.6 Å². The average molecular weight is 223 g/mol. The highest BCUT2D eigenvalue weighted by atomic mass is 32.1. The van der Waals surface area contributed by atoms with E-state index in [0.29, 0.717) is 17.0 Å². The molecular weight excluding hydrogens is 214 g/mol. The van der Waals surface area contributed by atoms with Gasteiger partial charge in [0.1, 0.15) is 5.56 Å². The highest BCUT2D eigenvalue weighted by Crippen LogP contribution is 2.29. The molecule has 0 atom stereocenters. The Morgan fingerprint density at radius 3 is 3.07 bits per heavy atom. The highest BCUT2D eigenvalue weighted by Gasteiger charge is 2.21. The van der Waals surface area contributed by atoms with Gasteiger partial charge in [-0.1, -0.05) is 11.2 Å². The third-order valence-corrected chi connectivity index (χ3v) is 2.83. The molecule has 2 heterocycles. The molecule has 0 spiro atoms. The number of nitrogens with two attached hydrogens (primary N) is 1. The Balaban J connectivity index is 2.54. The number of nitrogen functional groups attached to an aromatic ring is 1. The summed E-state index contributed by atoms with van der Waals surface area (Å²) in [5.41, 5.74) is 2.99. The van der Waals surface area contributed by atoms with Crippen LogP contribution in [0, 0.1) is 6.92 Å². The summed E-state index contributed by atoms with van der Waals surface area (Å²) in [6, 6.07) is 3.74. The first-order valence-corrected chi connectivity index (χ1v) is 5.13. The van der Waals surface area contributed by atoms with E-state index >= 15 is 0 Å². The number of rotatable bonds is 2. The summed E-state index contributed by atoms with van der Waals surface area (Å²) >= 11 is 1.48. The lowest BCUT2D eigenvalue weighted by atomic mass is 10.1. The van der Waals surface area contributed by atoms with Crippen LogP contribution >= 0.6 is 11.3 Å². The summed E-state index contributed by atoms with van der Waals surface area (Å²) in [5.74, 6) is 5.16. The number of carbonyl (C=O) groups is 1. The van der Waals surface area contributed by atoms with Crippen LogP contribution in [0.2, 0.25) is 0 Å². The molecule has 0 bridgehead atoms. The molecule has 6 heteroatoms. The van der Waals surface area contributed by atoms with Crippen molar-refractivity contribution in [1.82, 2.24) is 10.6 Å². The molecule has 0 aromatic carbocycles. The molecular formula is C9H9N3O2S. The fraction of sp³-hybridized carbons (Fsp3) is 0.111. The molecule has 0 unspecified atom stereocenters. The van der Waals surface area contributed by atoms with Gasteiger partial charge in [0.05, 0.1) is 10.6 Å². The lowest BCUT2D eigenvalue weighted by Crippen LogP contribution is -2.30. The zero-order chi connectivity index (χ0) is 10.8. The molecule has 0 saturated carbocycles. The van der Waals surface area contributed by atoms with Crippen molar-refractivity contribution in [3.05, 3.63) is 28.8 Å². The van der Waals surface area contributed by atoms with Gasteiger partial charge in [0.15, 0.2) is 5.76 Å². The molecule has 15 heavy (non-hydrogen) atoms. The van der Waals surface area contributed by atoms with Crippen molar-refractivity contribution in [2.45, 2.75) is 6.92 Å². The standard InChI is InChI=1S/C9H9N3O2S/c1-5-7(9(13)11-10)8(14-12-5)6-3-2-4-15-6/h2-4H,10H2,1H3,(H,11,13). The summed E-state index contributed by atoms with van der Waals surface area (Å²) < 4.78 is 5.11. The van der Waals surface area contributed by atoms with Gasteiger partial charge in [-0.3, -0.25) is 10.2 Å². The van der Waals surface area contributed by atoms with Gasteiger partial charge in [0, 0.05) is 0 Å². The summed E-state index contributed by atoms with van der Waals surface area (Å²) in [5, 5.41) is 5.66. The maximum absolute atomic E-state index is 11.5. The number of amides is 1. The van der Waals surface area contributed by atoms with Crippen LogP contribution in [0.25, 0.3) is 10.6 Å². The quantitative estimate of drug-likeness (QED) is 0.457. The number of hydrogen-bond acceptors (Lipinski definition) is 5. The van der Waals surface area contributed by atoms with Crippen LogP contribution in [0.1, 0.15) is 16.1 Å². The predicted octanol–water partition coefficient (Wildman–Crippen LogP) is 1.32. The fourth-order valence-corrected chi connectivity index (χ4v) is 1.99. The number of nitrogens with one attached hydrogen (secondary N) is 1. The van der Waals surface area contributed by atoms with Crippen LogP contribution in [0.15, 0.2) is 22.0 Å². The molecule has 0 aliphatic heterocycles. The van der Waals surface area contributed by atoms with Crippen molar-refractivity contribution in [2.75, 3.05) is 0 Å². The van der Waals surface area contributed by atoms with Crippen LogP contribution in [0.5, 0.6) is 0 Å². The molecule has 0 aliphatic carbocycles. The number of hydrogen-bond donors (Lipinski definition) is 2. The molecule has 0 fully saturated rings. The van der Waals surface area contributed by atoms with Gasteiger partial charge < -0.3 is 4.52 Å². The topological polar surface area (TPSA) is 81.2 Å². The molecule has 1 amide bonds. The molecule has 0 radical (unpaired) electrons. The van der Waals surface area contributed by atoms with E-state index in [1.807, 2.05) is 17.5 Å². The minimum Gasteiger partial charge on any atom is -0.354 e. The highest BCUT2D eigenvalue weighted by molar-refractivity contribution is 7.13. The first kappa shape index (κ1) is 9.88. The van der Waals surface area contributed by atoms with E-state index in [-0.39, 0.29) is 0 Å². The molecule has 3 N–H and O–H groups in total. The Kier molecular flexibility index (Phi) is 2.53. The molecule has 0 saturated heterocycles. The minimum atomic E-state index is -0.392. The van der Waals surface area contributed by atoms with Gasteiger partial charge >= 0.3 is 0 Å². The second-order valence-corrected chi connectivity index (χ2v) is 3.87. The molecule has 2 rings (SSSR count). The summed E-state index contributed by atoms with van der Waals surface area (Å²) in [6.07, 6.45) is 0. The third kappa shape index (κ3) is 1.64. The molecule has 78 valence electrons. The maximum Gasteiger partial charge on any atom is 0.271 e. The number of thiophene rings is 1. The Labute approximate surface area is 89.8 Å². The third-order valence-electron chi connectivity index (χ3n) is 1.97. The van der Waals surface area contributed by atoms with Crippen molar-refractivity contribution in [1.29, 1.82) is 0 Å². The zero-order valence-electron chi connectivity index (χ0n) is 7.98. The van der Waals surface area contributed by atoms with E-state index in [4.69, 9.17) is 10.4 Å². The summed E-state index contributed by atoms with van der Waals surface area (Å²) in [7, 11) is 0. The lowest BCUT2D eigenvalue weighted by molar-refractivity contribution is 0.0953. The smallest absolute Gasteiger partial charge is 0.271 e. The van der Waals surface area contributed by atoms with E-state index in [1.54, 1.807) is 6.92 Å². The SMILES string of the molecule is Cc1noc(-c2cccs2)c1C(=O)NN. The van der Waals surface area contributed by atoms with Gasteiger partial charge in [-0.25, -0.2) is 5.84 Å². The second kappa shape index (κ2) is 3.84.